The zero-order valence-electron chi connectivity index (χ0n) is 10.1. The first-order valence-electron chi connectivity index (χ1n) is 5.49. The average Bonchev–Trinajstić information content (AvgIpc) is 2.33. The Morgan fingerprint density at radius 1 is 1.38 bits per heavy atom. The Balaban J connectivity index is 2.43. The standard InChI is InChI=1S/C12H19N3O/c1-14-8-9(7-13)15(2)12-6-10(16-3)4-5-11(12)14/h4-6,9H,7-8,13H2,1-3H3. The zero-order chi connectivity index (χ0) is 11.7. The summed E-state index contributed by atoms with van der Waals surface area (Å²) in [5.41, 5.74) is 8.20. The maximum atomic E-state index is 5.78. The molecule has 0 aromatic heterocycles. The minimum Gasteiger partial charge on any atom is -0.497 e. The minimum absolute atomic E-state index is 0.365. The van der Waals surface area contributed by atoms with E-state index >= 15 is 0 Å². The van der Waals surface area contributed by atoms with Gasteiger partial charge in [0.1, 0.15) is 5.75 Å². The molecule has 1 unspecified atom stereocenters. The first-order chi connectivity index (χ1) is 7.67. The molecule has 0 bridgehead atoms. The van der Waals surface area contributed by atoms with Crippen molar-refractivity contribution in [2.75, 3.05) is 44.1 Å². The van der Waals surface area contributed by atoms with E-state index in [1.54, 1.807) is 7.11 Å². The number of hydrogen-bond acceptors (Lipinski definition) is 4. The van der Waals surface area contributed by atoms with E-state index in [2.05, 4.69) is 36.0 Å². The molecule has 0 amide bonds. The summed E-state index contributed by atoms with van der Waals surface area (Å²) in [4.78, 5) is 4.48. The van der Waals surface area contributed by atoms with Crippen molar-refractivity contribution in [2.24, 2.45) is 5.73 Å². The highest BCUT2D eigenvalue weighted by Crippen LogP contribution is 2.36. The molecule has 4 heteroatoms. The molecule has 0 aliphatic carbocycles. The zero-order valence-corrected chi connectivity index (χ0v) is 10.1. The van der Waals surface area contributed by atoms with Crippen LogP contribution in [-0.4, -0.2) is 40.3 Å². The highest BCUT2D eigenvalue weighted by atomic mass is 16.5. The van der Waals surface area contributed by atoms with Gasteiger partial charge in [-0.05, 0) is 12.1 Å². The number of fused-ring (bicyclic) bond motifs is 1. The molecule has 88 valence electrons. The van der Waals surface area contributed by atoms with Gasteiger partial charge in [0.2, 0.25) is 0 Å². The molecule has 1 aliphatic rings. The second-order valence-electron chi connectivity index (χ2n) is 4.24. The highest BCUT2D eigenvalue weighted by molar-refractivity contribution is 5.75. The van der Waals surface area contributed by atoms with E-state index in [1.807, 2.05) is 6.07 Å². The molecule has 16 heavy (non-hydrogen) atoms. The van der Waals surface area contributed by atoms with Gasteiger partial charge in [0.25, 0.3) is 0 Å². The molecule has 2 rings (SSSR count). The van der Waals surface area contributed by atoms with Gasteiger partial charge in [-0.3, -0.25) is 0 Å². The average molecular weight is 221 g/mol. The Kier molecular flexibility index (Phi) is 2.92. The maximum absolute atomic E-state index is 5.78. The molecule has 0 fully saturated rings. The van der Waals surface area contributed by atoms with Crippen LogP contribution in [0.15, 0.2) is 18.2 Å². The van der Waals surface area contributed by atoms with E-state index in [1.165, 1.54) is 11.4 Å². The monoisotopic (exact) mass is 221 g/mol. The Bertz CT molecular complexity index is 381. The van der Waals surface area contributed by atoms with Gasteiger partial charge < -0.3 is 20.3 Å². The molecule has 1 aliphatic heterocycles. The van der Waals surface area contributed by atoms with E-state index in [-0.39, 0.29) is 0 Å². The molecule has 0 radical (unpaired) electrons. The van der Waals surface area contributed by atoms with Crippen molar-refractivity contribution in [3.05, 3.63) is 18.2 Å². The fraction of sp³-hybridized carbons (Fsp3) is 0.500. The van der Waals surface area contributed by atoms with Gasteiger partial charge in [0, 0.05) is 33.3 Å². The summed E-state index contributed by atoms with van der Waals surface area (Å²) in [6, 6.07) is 6.52. The summed E-state index contributed by atoms with van der Waals surface area (Å²) in [5, 5.41) is 0. The maximum Gasteiger partial charge on any atom is 0.121 e. The largest absolute Gasteiger partial charge is 0.497 e. The number of methoxy groups -OCH3 is 1. The Morgan fingerprint density at radius 2 is 2.12 bits per heavy atom. The number of nitrogens with two attached hydrogens (primary N) is 1. The van der Waals surface area contributed by atoms with Gasteiger partial charge in [-0.25, -0.2) is 0 Å². The molecular formula is C12H19N3O. The molecule has 0 spiro atoms. The van der Waals surface area contributed by atoms with Crippen LogP contribution in [0.3, 0.4) is 0 Å². The molecule has 0 saturated carbocycles. The molecule has 1 aromatic carbocycles. The number of rotatable bonds is 2. The van der Waals surface area contributed by atoms with Gasteiger partial charge in [-0.2, -0.15) is 0 Å². The van der Waals surface area contributed by atoms with Crippen LogP contribution in [0.5, 0.6) is 5.75 Å². The Morgan fingerprint density at radius 3 is 2.75 bits per heavy atom. The van der Waals surface area contributed by atoms with E-state index in [0.29, 0.717) is 12.6 Å². The summed E-state index contributed by atoms with van der Waals surface area (Å²) in [6.45, 7) is 1.63. The fourth-order valence-corrected chi connectivity index (χ4v) is 2.20. The second-order valence-corrected chi connectivity index (χ2v) is 4.24. The third-order valence-corrected chi connectivity index (χ3v) is 3.28. The highest BCUT2D eigenvalue weighted by Gasteiger charge is 2.25. The van der Waals surface area contributed by atoms with Crippen LogP contribution in [0, 0.1) is 0 Å². The number of likely N-dealkylation sites (N-methyl/N-ethyl adjacent to an activating group) is 2. The molecule has 1 aromatic rings. The Hall–Kier alpha value is -1.42. The van der Waals surface area contributed by atoms with Crippen molar-refractivity contribution in [3.63, 3.8) is 0 Å². The molecule has 4 nitrogen and oxygen atoms in total. The van der Waals surface area contributed by atoms with E-state index in [0.717, 1.165) is 12.3 Å². The number of hydrogen-bond donors (Lipinski definition) is 1. The van der Waals surface area contributed by atoms with Crippen molar-refractivity contribution in [2.45, 2.75) is 6.04 Å². The lowest BCUT2D eigenvalue weighted by molar-refractivity contribution is 0.414. The first-order valence-corrected chi connectivity index (χ1v) is 5.49. The lowest BCUT2D eigenvalue weighted by Gasteiger charge is -2.41. The molecule has 0 saturated heterocycles. The summed E-state index contributed by atoms with van der Waals surface area (Å²) in [6.07, 6.45) is 0. The van der Waals surface area contributed by atoms with Crippen molar-refractivity contribution in [3.8, 4) is 5.75 Å². The summed E-state index contributed by atoms with van der Waals surface area (Å²) in [5.74, 6) is 0.886. The molecule has 1 heterocycles. The predicted molar refractivity (Wildman–Crippen MR) is 67.5 cm³/mol. The SMILES string of the molecule is COc1ccc2c(c1)N(C)C(CN)CN2C. The quantitative estimate of drug-likeness (QED) is 0.806. The minimum atomic E-state index is 0.365. The normalized spacial score (nSPS) is 19.6. The van der Waals surface area contributed by atoms with Crippen molar-refractivity contribution in [1.29, 1.82) is 0 Å². The van der Waals surface area contributed by atoms with Crippen LogP contribution in [0.4, 0.5) is 11.4 Å². The topological polar surface area (TPSA) is 41.7 Å². The van der Waals surface area contributed by atoms with Crippen LogP contribution < -0.4 is 20.3 Å². The van der Waals surface area contributed by atoms with Crippen LogP contribution in [0.1, 0.15) is 0 Å². The van der Waals surface area contributed by atoms with Crippen LogP contribution in [0.2, 0.25) is 0 Å². The van der Waals surface area contributed by atoms with Crippen molar-refractivity contribution >= 4 is 11.4 Å². The molecular weight excluding hydrogens is 202 g/mol. The lowest BCUT2D eigenvalue weighted by atomic mass is 10.1. The summed E-state index contributed by atoms with van der Waals surface area (Å²) >= 11 is 0. The van der Waals surface area contributed by atoms with Gasteiger partial charge in [0.15, 0.2) is 0 Å². The third kappa shape index (κ3) is 1.69. The Labute approximate surface area is 96.6 Å². The summed E-state index contributed by atoms with van der Waals surface area (Å²) < 4.78 is 5.26. The predicted octanol–water partition coefficient (Wildman–Crippen LogP) is 0.908. The second kappa shape index (κ2) is 4.22. The smallest absolute Gasteiger partial charge is 0.121 e. The number of ether oxygens (including phenoxy) is 1. The van der Waals surface area contributed by atoms with Gasteiger partial charge >= 0.3 is 0 Å². The first kappa shape index (κ1) is 11.1. The van der Waals surface area contributed by atoms with Crippen molar-refractivity contribution < 1.29 is 4.74 Å². The fourth-order valence-electron chi connectivity index (χ4n) is 2.20. The number of anilines is 2. The van der Waals surface area contributed by atoms with Crippen LogP contribution >= 0.6 is 0 Å². The van der Waals surface area contributed by atoms with Gasteiger partial charge in [-0.15, -0.1) is 0 Å². The molecule has 1 atom stereocenters. The van der Waals surface area contributed by atoms with E-state index < -0.39 is 0 Å². The van der Waals surface area contributed by atoms with E-state index in [9.17, 15) is 0 Å². The molecule has 2 N–H and O–H groups in total. The van der Waals surface area contributed by atoms with Gasteiger partial charge in [0.05, 0.1) is 24.5 Å². The van der Waals surface area contributed by atoms with E-state index in [4.69, 9.17) is 10.5 Å². The van der Waals surface area contributed by atoms with Crippen LogP contribution in [-0.2, 0) is 0 Å². The number of benzene rings is 1. The third-order valence-electron chi connectivity index (χ3n) is 3.28. The van der Waals surface area contributed by atoms with Crippen LogP contribution in [0.25, 0.3) is 0 Å². The lowest BCUT2D eigenvalue weighted by Crippen LogP contribution is -2.49. The van der Waals surface area contributed by atoms with Crippen molar-refractivity contribution in [1.82, 2.24) is 0 Å². The number of nitrogens with zero attached hydrogens (tertiary/aromatic N) is 2. The summed E-state index contributed by atoms with van der Waals surface area (Å²) in [7, 11) is 5.87. The van der Waals surface area contributed by atoms with Gasteiger partial charge in [-0.1, -0.05) is 0 Å².